The van der Waals surface area contributed by atoms with Gasteiger partial charge in [-0.3, -0.25) is 0 Å². The zero-order chi connectivity index (χ0) is 40.2. The molecule has 0 fully saturated rings. The van der Waals surface area contributed by atoms with Crippen LogP contribution in [0, 0.1) is 0 Å². The van der Waals surface area contributed by atoms with E-state index in [2.05, 4.69) is 190 Å². The SMILES string of the molecule is CC(C)(C)c1ccc(Nc2cc3c(cc2-c2ccc4c5cc6oc7ccccc7c6cc5n5c4c2Bc2cc4c(cc2-5)sc2ccccc24)-c2ccccc2C3(C)C)cc1. The van der Waals surface area contributed by atoms with E-state index in [0.717, 1.165) is 40.6 Å². The molecule has 0 spiro atoms. The number of nitrogens with one attached hydrogen (secondary N) is 1. The summed E-state index contributed by atoms with van der Waals surface area (Å²) >= 11 is 1.89. The predicted molar refractivity (Wildman–Crippen MR) is 259 cm³/mol. The summed E-state index contributed by atoms with van der Waals surface area (Å²) < 4.78 is 11.8. The Morgan fingerprint density at radius 2 is 1.37 bits per heavy atom. The van der Waals surface area contributed by atoms with Gasteiger partial charge >= 0.3 is 0 Å². The van der Waals surface area contributed by atoms with Gasteiger partial charge in [0.1, 0.15) is 11.2 Å². The standard InChI is InChI=1S/C55H41BN2OS/c1-54(2,3)30-18-20-31(21-19-30)57-45-28-43-37(32-12-6-9-15-42(32)55(43,4)5)24-38(45)35-22-23-36-39-27-49-40(33-13-7-10-16-48(33)59-49)26-46(39)58-47-29-51-41(25-44(47)56-52(35)53(36)58)34-14-8-11-17-50(34)60-51/h6-29,56-57H,1-5H3. The normalized spacial score (nSPS) is 14.0. The van der Waals surface area contributed by atoms with Gasteiger partial charge in [-0.15, -0.1) is 11.3 Å². The summed E-state index contributed by atoms with van der Waals surface area (Å²) in [5, 5.41) is 11.4. The van der Waals surface area contributed by atoms with Gasteiger partial charge < -0.3 is 14.3 Å². The lowest BCUT2D eigenvalue weighted by Gasteiger charge is -2.26. The molecule has 0 saturated carbocycles. The summed E-state index contributed by atoms with van der Waals surface area (Å²) in [7, 11) is 0.830. The van der Waals surface area contributed by atoms with Crippen molar-refractivity contribution in [3.05, 3.63) is 162 Å². The van der Waals surface area contributed by atoms with Crippen molar-refractivity contribution in [1.82, 2.24) is 4.57 Å². The van der Waals surface area contributed by atoms with Crippen molar-refractivity contribution < 1.29 is 4.42 Å². The Morgan fingerprint density at radius 1 is 0.583 bits per heavy atom. The molecule has 0 unspecified atom stereocenters. The number of hydrogen-bond donors (Lipinski definition) is 1. The molecule has 1 aliphatic carbocycles. The van der Waals surface area contributed by atoms with Crippen LogP contribution in [0.3, 0.4) is 0 Å². The number of fused-ring (bicyclic) bond motifs is 14. The maximum atomic E-state index is 6.52. The zero-order valence-corrected chi connectivity index (χ0v) is 35.1. The fraction of sp³-hybridized carbons (Fsp3) is 0.127. The first-order valence-electron chi connectivity index (χ1n) is 21.1. The smallest absolute Gasteiger partial charge is 0.198 e. The molecule has 60 heavy (non-hydrogen) atoms. The van der Waals surface area contributed by atoms with E-state index in [1.807, 2.05) is 11.3 Å². The van der Waals surface area contributed by atoms with E-state index in [0.29, 0.717) is 0 Å². The van der Waals surface area contributed by atoms with Crippen LogP contribution in [0.5, 0.6) is 0 Å². The van der Waals surface area contributed by atoms with E-state index >= 15 is 0 Å². The van der Waals surface area contributed by atoms with Crippen LogP contribution in [-0.4, -0.2) is 11.8 Å². The molecule has 3 aromatic heterocycles. The summed E-state index contributed by atoms with van der Waals surface area (Å²) in [6, 6.07) is 54.7. The number of aromatic nitrogens is 1. The second kappa shape index (κ2) is 11.8. The van der Waals surface area contributed by atoms with Gasteiger partial charge in [0, 0.05) is 69.9 Å². The highest BCUT2D eigenvalue weighted by atomic mass is 32.1. The number of hydrogen-bond acceptors (Lipinski definition) is 3. The molecule has 1 N–H and O–H groups in total. The van der Waals surface area contributed by atoms with Crippen molar-refractivity contribution in [1.29, 1.82) is 0 Å². The predicted octanol–water partition coefficient (Wildman–Crippen LogP) is 13.8. The van der Waals surface area contributed by atoms with Crippen LogP contribution in [-0.2, 0) is 10.8 Å². The fourth-order valence-electron chi connectivity index (χ4n) is 10.7. The average molecular weight is 789 g/mol. The minimum Gasteiger partial charge on any atom is -0.456 e. The average Bonchev–Trinajstić information content (AvgIpc) is 3.96. The van der Waals surface area contributed by atoms with Crippen LogP contribution in [0.1, 0.15) is 51.3 Å². The number of para-hydroxylation sites is 1. The molecule has 8 aromatic carbocycles. The molecular formula is C55H41BN2OS. The van der Waals surface area contributed by atoms with Gasteiger partial charge in [-0.25, -0.2) is 0 Å². The second-order valence-corrected chi connectivity index (χ2v) is 19.7. The number of furan rings is 1. The highest BCUT2D eigenvalue weighted by molar-refractivity contribution is 7.25. The summed E-state index contributed by atoms with van der Waals surface area (Å²) in [5.74, 6) is 0. The highest BCUT2D eigenvalue weighted by Gasteiger charge is 2.37. The summed E-state index contributed by atoms with van der Waals surface area (Å²) in [5.41, 5.74) is 19.7. The van der Waals surface area contributed by atoms with Crippen molar-refractivity contribution in [3.8, 4) is 27.9 Å². The Balaban J connectivity index is 1.11. The van der Waals surface area contributed by atoms with E-state index in [-0.39, 0.29) is 10.8 Å². The van der Waals surface area contributed by atoms with E-state index in [9.17, 15) is 0 Å². The molecule has 2 aliphatic rings. The van der Waals surface area contributed by atoms with Gasteiger partial charge in [-0.1, -0.05) is 131 Å². The lowest BCUT2D eigenvalue weighted by Crippen LogP contribution is -2.37. The molecular weight excluding hydrogens is 747 g/mol. The molecule has 5 heteroatoms. The van der Waals surface area contributed by atoms with Crippen molar-refractivity contribution in [2.45, 2.75) is 45.4 Å². The molecule has 0 radical (unpaired) electrons. The Morgan fingerprint density at radius 3 is 2.22 bits per heavy atom. The lowest BCUT2D eigenvalue weighted by molar-refractivity contribution is 0.590. The molecule has 0 amide bonds. The molecule has 0 atom stereocenters. The Hall–Kier alpha value is -6.56. The molecule has 3 nitrogen and oxygen atoms in total. The maximum absolute atomic E-state index is 6.52. The second-order valence-electron chi connectivity index (χ2n) is 18.6. The van der Waals surface area contributed by atoms with Crippen molar-refractivity contribution >= 4 is 105 Å². The van der Waals surface area contributed by atoms with Crippen molar-refractivity contribution in [2.75, 3.05) is 5.32 Å². The summed E-state index contributed by atoms with van der Waals surface area (Å²) in [4.78, 5) is 0. The van der Waals surface area contributed by atoms with Gasteiger partial charge in [-0.2, -0.15) is 0 Å². The monoisotopic (exact) mass is 788 g/mol. The van der Waals surface area contributed by atoms with Gasteiger partial charge in [0.25, 0.3) is 0 Å². The van der Waals surface area contributed by atoms with Crippen LogP contribution in [0.15, 0.2) is 150 Å². The van der Waals surface area contributed by atoms with Crippen molar-refractivity contribution in [3.63, 3.8) is 0 Å². The van der Waals surface area contributed by atoms with E-state index in [1.54, 1.807) is 0 Å². The van der Waals surface area contributed by atoms with Gasteiger partial charge in [0.2, 0.25) is 0 Å². The quantitative estimate of drug-likeness (QED) is 0.181. The number of thiophene rings is 1. The minimum atomic E-state index is -0.129. The fourth-order valence-corrected chi connectivity index (χ4v) is 11.8. The maximum Gasteiger partial charge on any atom is 0.198 e. The largest absolute Gasteiger partial charge is 0.456 e. The third-order valence-corrected chi connectivity index (χ3v) is 14.9. The summed E-state index contributed by atoms with van der Waals surface area (Å²) in [6.07, 6.45) is 0. The van der Waals surface area contributed by atoms with Gasteiger partial charge in [-0.05, 0) is 104 Å². The zero-order valence-electron chi connectivity index (χ0n) is 34.3. The van der Waals surface area contributed by atoms with Crippen molar-refractivity contribution in [2.24, 2.45) is 0 Å². The number of benzene rings is 8. The lowest BCUT2D eigenvalue weighted by atomic mass is 9.59. The topological polar surface area (TPSA) is 30.1 Å². The van der Waals surface area contributed by atoms with Crippen LogP contribution >= 0.6 is 11.3 Å². The van der Waals surface area contributed by atoms with Gasteiger partial charge in [0.05, 0.1) is 5.52 Å². The minimum absolute atomic E-state index is 0.0798. The Labute approximate surface area is 353 Å². The first kappa shape index (κ1) is 34.3. The van der Waals surface area contributed by atoms with E-state index in [1.165, 1.54) is 97.5 Å². The molecule has 1 aliphatic heterocycles. The van der Waals surface area contributed by atoms with E-state index in [4.69, 9.17) is 4.42 Å². The molecule has 286 valence electrons. The van der Waals surface area contributed by atoms with E-state index < -0.39 is 0 Å². The Bertz CT molecular complexity index is 3670. The number of anilines is 2. The summed E-state index contributed by atoms with van der Waals surface area (Å²) in [6.45, 7) is 11.6. The van der Waals surface area contributed by atoms with Crippen LogP contribution in [0.4, 0.5) is 11.4 Å². The van der Waals surface area contributed by atoms with Crippen LogP contribution in [0.2, 0.25) is 0 Å². The molecule has 13 rings (SSSR count). The number of rotatable bonds is 3. The van der Waals surface area contributed by atoms with Gasteiger partial charge in [0.15, 0.2) is 7.28 Å². The molecule has 11 aromatic rings. The van der Waals surface area contributed by atoms with Crippen LogP contribution < -0.4 is 16.2 Å². The third kappa shape index (κ3) is 4.67. The molecule has 0 bridgehead atoms. The Kier molecular flexibility index (Phi) is 6.75. The molecule has 4 heterocycles. The molecule has 0 saturated heterocycles. The number of nitrogens with zero attached hydrogens (tertiary/aromatic N) is 1. The first-order valence-corrected chi connectivity index (χ1v) is 21.9. The first-order chi connectivity index (χ1) is 29.1. The third-order valence-electron chi connectivity index (χ3n) is 13.8. The van der Waals surface area contributed by atoms with Crippen LogP contribution in [0.25, 0.3) is 91.9 Å². The highest BCUT2D eigenvalue weighted by Crippen LogP contribution is 2.52.